The third-order valence-corrected chi connectivity index (χ3v) is 4.62. The first-order valence-corrected chi connectivity index (χ1v) is 9.25. The third-order valence-electron chi connectivity index (χ3n) is 4.62. The Balaban J connectivity index is 2.15. The molecule has 29 heavy (non-hydrogen) atoms. The maximum absolute atomic E-state index is 13.0. The topological polar surface area (TPSA) is 105 Å². The molecule has 1 aromatic carbocycles. The van der Waals surface area contributed by atoms with Gasteiger partial charge in [0, 0.05) is 0 Å². The number of hydrogen-bond acceptors (Lipinski definition) is 7. The van der Waals surface area contributed by atoms with Crippen molar-refractivity contribution < 1.29 is 19.1 Å². The van der Waals surface area contributed by atoms with E-state index >= 15 is 0 Å². The lowest BCUT2D eigenvalue weighted by molar-refractivity contribution is -0.160. The number of fused-ring (bicyclic) bond motifs is 1. The van der Waals surface area contributed by atoms with E-state index < -0.39 is 23.5 Å². The van der Waals surface area contributed by atoms with Crippen molar-refractivity contribution in [1.82, 2.24) is 19.3 Å². The van der Waals surface area contributed by atoms with Gasteiger partial charge >= 0.3 is 11.9 Å². The van der Waals surface area contributed by atoms with Gasteiger partial charge in [-0.3, -0.25) is 9.36 Å². The SMILES string of the molecule is CCOC(=O)C(C(=O)OCC)n1cnc2c(cnn2-c2cccc(C)c2C)c1=O. The van der Waals surface area contributed by atoms with Crippen molar-refractivity contribution in [3.63, 3.8) is 0 Å². The van der Waals surface area contributed by atoms with Gasteiger partial charge in [-0.05, 0) is 44.9 Å². The number of aromatic nitrogens is 4. The van der Waals surface area contributed by atoms with Crippen LogP contribution in [0.15, 0.2) is 35.5 Å². The predicted molar refractivity (Wildman–Crippen MR) is 105 cm³/mol. The maximum Gasteiger partial charge on any atom is 0.341 e. The van der Waals surface area contributed by atoms with E-state index in [0.717, 1.165) is 27.7 Å². The monoisotopic (exact) mass is 398 g/mol. The summed E-state index contributed by atoms with van der Waals surface area (Å²) in [6.07, 6.45) is 2.52. The van der Waals surface area contributed by atoms with Gasteiger partial charge in [0.05, 0.1) is 25.1 Å². The Labute approximate surface area is 166 Å². The van der Waals surface area contributed by atoms with E-state index in [1.54, 1.807) is 18.5 Å². The fourth-order valence-corrected chi connectivity index (χ4v) is 3.02. The van der Waals surface area contributed by atoms with Crippen LogP contribution in [0, 0.1) is 13.8 Å². The number of ether oxygens (including phenoxy) is 2. The summed E-state index contributed by atoms with van der Waals surface area (Å²) in [6.45, 7) is 7.27. The van der Waals surface area contributed by atoms with Crippen LogP contribution in [0.4, 0.5) is 0 Å². The molecule has 0 aliphatic carbocycles. The Hall–Kier alpha value is -3.49. The maximum atomic E-state index is 13.0. The first-order valence-electron chi connectivity index (χ1n) is 9.25. The molecule has 9 nitrogen and oxygen atoms in total. The summed E-state index contributed by atoms with van der Waals surface area (Å²) in [4.78, 5) is 42.0. The molecular formula is C20H22N4O5. The largest absolute Gasteiger partial charge is 0.464 e. The first kappa shape index (κ1) is 20.2. The Morgan fingerprint density at radius 3 is 2.38 bits per heavy atom. The lowest BCUT2D eigenvalue weighted by atomic mass is 10.1. The molecule has 0 aliphatic rings. The molecule has 0 spiro atoms. The van der Waals surface area contributed by atoms with E-state index in [4.69, 9.17) is 9.47 Å². The summed E-state index contributed by atoms with van der Waals surface area (Å²) in [5.74, 6) is -1.76. The summed E-state index contributed by atoms with van der Waals surface area (Å²) in [7, 11) is 0. The molecule has 0 bridgehead atoms. The van der Waals surface area contributed by atoms with Gasteiger partial charge in [0.15, 0.2) is 5.65 Å². The highest BCUT2D eigenvalue weighted by Crippen LogP contribution is 2.20. The highest BCUT2D eigenvalue weighted by molar-refractivity contribution is 5.97. The Morgan fingerprint density at radius 1 is 1.10 bits per heavy atom. The molecule has 0 fully saturated rings. The van der Waals surface area contributed by atoms with Crippen LogP contribution in [0.25, 0.3) is 16.7 Å². The number of rotatable bonds is 6. The van der Waals surface area contributed by atoms with Gasteiger partial charge in [0.25, 0.3) is 5.56 Å². The summed E-state index contributed by atoms with van der Waals surface area (Å²) in [5.41, 5.74) is 2.60. The van der Waals surface area contributed by atoms with Crippen LogP contribution in [0.5, 0.6) is 0 Å². The van der Waals surface area contributed by atoms with Gasteiger partial charge in [-0.15, -0.1) is 0 Å². The minimum Gasteiger partial charge on any atom is -0.464 e. The van der Waals surface area contributed by atoms with Crippen LogP contribution < -0.4 is 5.56 Å². The molecule has 0 radical (unpaired) electrons. The van der Waals surface area contributed by atoms with E-state index in [9.17, 15) is 14.4 Å². The van der Waals surface area contributed by atoms with Crippen molar-refractivity contribution in [3.05, 3.63) is 52.2 Å². The molecule has 2 heterocycles. The molecule has 3 rings (SSSR count). The fourth-order valence-electron chi connectivity index (χ4n) is 3.02. The van der Waals surface area contributed by atoms with Gasteiger partial charge in [0.1, 0.15) is 11.7 Å². The van der Waals surface area contributed by atoms with Crippen LogP contribution in [0.3, 0.4) is 0 Å². The second-order valence-electron chi connectivity index (χ2n) is 6.38. The van der Waals surface area contributed by atoms with Crippen LogP contribution >= 0.6 is 0 Å². The van der Waals surface area contributed by atoms with Crippen molar-refractivity contribution >= 4 is 23.0 Å². The molecule has 0 unspecified atom stereocenters. The quantitative estimate of drug-likeness (QED) is 0.461. The molecule has 0 saturated heterocycles. The molecule has 152 valence electrons. The van der Waals surface area contributed by atoms with Crippen LogP contribution in [-0.2, 0) is 19.1 Å². The number of carbonyl (C=O) groups is 2. The van der Waals surface area contributed by atoms with Gasteiger partial charge in [0.2, 0.25) is 6.04 Å². The Kier molecular flexibility index (Phi) is 5.76. The van der Waals surface area contributed by atoms with E-state index in [-0.39, 0.29) is 18.6 Å². The molecule has 0 amide bonds. The summed E-state index contributed by atoms with van der Waals surface area (Å²) >= 11 is 0. The van der Waals surface area contributed by atoms with Crippen molar-refractivity contribution in [1.29, 1.82) is 0 Å². The van der Waals surface area contributed by atoms with Gasteiger partial charge < -0.3 is 9.47 Å². The number of esters is 2. The average Bonchev–Trinajstić information content (AvgIpc) is 3.11. The second kappa shape index (κ2) is 8.26. The number of benzene rings is 1. The van der Waals surface area contributed by atoms with Crippen LogP contribution in [-0.4, -0.2) is 44.5 Å². The standard InChI is InChI=1S/C20H22N4O5/c1-5-28-19(26)16(20(27)29-6-2)23-11-21-17-14(18(23)25)10-22-24(17)15-9-7-8-12(3)13(15)4/h7-11,16H,5-6H2,1-4H3. The number of hydrogen-bond donors (Lipinski definition) is 0. The third kappa shape index (κ3) is 3.63. The van der Waals surface area contributed by atoms with Crippen LogP contribution in [0.2, 0.25) is 0 Å². The van der Waals surface area contributed by atoms with Crippen molar-refractivity contribution in [2.45, 2.75) is 33.7 Å². The van der Waals surface area contributed by atoms with Crippen molar-refractivity contribution in [2.75, 3.05) is 13.2 Å². The predicted octanol–water partition coefficient (Wildman–Crippen LogP) is 1.87. The molecule has 3 aromatic rings. The molecule has 0 aliphatic heterocycles. The normalized spacial score (nSPS) is 11.1. The minimum atomic E-state index is -1.57. The van der Waals surface area contributed by atoms with Gasteiger partial charge in [-0.1, -0.05) is 12.1 Å². The number of nitrogens with zero attached hydrogens (tertiary/aromatic N) is 4. The summed E-state index contributed by atoms with van der Waals surface area (Å²) < 4.78 is 12.4. The zero-order valence-electron chi connectivity index (χ0n) is 16.7. The Bertz CT molecular complexity index is 1110. The number of carbonyl (C=O) groups excluding carboxylic acids is 2. The summed E-state index contributed by atoms with van der Waals surface area (Å²) in [5, 5.41) is 4.47. The molecule has 0 atom stereocenters. The summed E-state index contributed by atoms with van der Waals surface area (Å²) in [6, 6.07) is 4.18. The molecule has 0 N–H and O–H groups in total. The molecular weight excluding hydrogens is 376 g/mol. The van der Waals surface area contributed by atoms with Crippen molar-refractivity contribution in [2.24, 2.45) is 0 Å². The average molecular weight is 398 g/mol. The Morgan fingerprint density at radius 2 is 1.76 bits per heavy atom. The first-order chi connectivity index (χ1) is 13.9. The van der Waals surface area contributed by atoms with Gasteiger partial charge in [-0.25, -0.2) is 19.3 Å². The lowest BCUT2D eigenvalue weighted by Crippen LogP contribution is -2.37. The lowest BCUT2D eigenvalue weighted by Gasteiger charge is -2.16. The number of aryl methyl sites for hydroxylation is 1. The van der Waals surface area contributed by atoms with E-state index in [2.05, 4.69) is 10.1 Å². The zero-order valence-corrected chi connectivity index (χ0v) is 16.7. The zero-order chi connectivity index (χ0) is 21.1. The molecule has 9 heteroatoms. The van der Waals surface area contributed by atoms with E-state index in [1.807, 2.05) is 32.0 Å². The van der Waals surface area contributed by atoms with Crippen LogP contribution in [0.1, 0.15) is 31.0 Å². The fraction of sp³-hybridized carbons (Fsp3) is 0.350. The van der Waals surface area contributed by atoms with E-state index in [1.165, 1.54) is 6.20 Å². The minimum absolute atomic E-state index is 0.0593. The second-order valence-corrected chi connectivity index (χ2v) is 6.38. The van der Waals surface area contributed by atoms with Crippen molar-refractivity contribution in [3.8, 4) is 5.69 Å². The highest BCUT2D eigenvalue weighted by atomic mass is 16.6. The highest BCUT2D eigenvalue weighted by Gasteiger charge is 2.33. The smallest absolute Gasteiger partial charge is 0.341 e. The van der Waals surface area contributed by atoms with Gasteiger partial charge in [-0.2, -0.15) is 5.10 Å². The molecule has 0 saturated carbocycles. The van der Waals surface area contributed by atoms with E-state index in [0.29, 0.717) is 5.65 Å². The molecule has 2 aromatic heterocycles.